The molecule has 1 heterocycles. The summed E-state index contributed by atoms with van der Waals surface area (Å²) in [6.07, 6.45) is 4.56. The molecular formula is C24H31NO2. The fourth-order valence-electron chi connectivity index (χ4n) is 3.80. The summed E-state index contributed by atoms with van der Waals surface area (Å²) in [7, 11) is 0. The first-order chi connectivity index (χ1) is 13.0. The molecule has 0 N–H and O–H groups in total. The predicted octanol–water partition coefficient (Wildman–Crippen LogP) is 5.52. The van der Waals surface area contributed by atoms with Crippen molar-refractivity contribution in [2.75, 3.05) is 13.2 Å². The lowest BCUT2D eigenvalue weighted by atomic mass is 9.99. The largest absolute Gasteiger partial charge is 0.494 e. The molecule has 0 radical (unpaired) electrons. The van der Waals surface area contributed by atoms with E-state index in [1.165, 1.54) is 22.3 Å². The summed E-state index contributed by atoms with van der Waals surface area (Å²) in [5.74, 6) is 1.20. The van der Waals surface area contributed by atoms with Crippen LogP contribution < -0.4 is 4.74 Å². The van der Waals surface area contributed by atoms with Crippen molar-refractivity contribution in [2.24, 2.45) is 0 Å². The molecule has 1 aliphatic heterocycles. The van der Waals surface area contributed by atoms with Crippen molar-refractivity contribution in [1.29, 1.82) is 0 Å². The lowest BCUT2D eigenvalue weighted by Crippen LogP contribution is -2.30. The Kier molecular flexibility index (Phi) is 6.54. The second-order valence-corrected chi connectivity index (χ2v) is 7.71. The van der Waals surface area contributed by atoms with Crippen LogP contribution in [0.2, 0.25) is 0 Å². The summed E-state index contributed by atoms with van der Waals surface area (Å²) in [5, 5.41) is 0. The molecule has 0 bridgehead atoms. The van der Waals surface area contributed by atoms with E-state index in [1.54, 1.807) is 0 Å². The summed E-state index contributed by atoms with van der Waals surface area (Å²) in [6, 6.07) is 15.0. The summed E-state index contributed by atoms with van der Waals surface area (Å²) in [5.41, 5.74) is 5.10. The first kappa shape index (κ1) is 19.5. The van der Waals surface area contributed by atoms with E-state index in [0.29, 0.717) is 13.0 Å². The average molecular weight is 366 g/mol. The van der Waals surface area contributed by atoms with E-state index < -0.39 is 0 Å². The maximum atomic E-state index is 12.7. The van der Waals surface area contributed by atoms with Crippen molar-refractivity contribution in [1.82, 2.24) is 4.90 Å². The molecular weight excluding hydrogens is 334 g/mol. The third-order valence-electron chi connectivity index (χ3n) is 5.53. The first-order valence-electron chi connectivity index (χ1n) is 10.1. The van der Waals surface area contributed by atoms with Crippen LogP contribution in [-0.2, 0) is 4.79 Å². The molecule has 1 fully saturated rings. The van der Waals surface area contributed by atoms with Gasteiger partial charge in [0.1, 0.15) is 5.75 Å². The quantitative estimate of drug-likeness (QED) is 0.604. The Labute approximate surface area is 163 Å². The van der Waals surface area contributed by atoms with Gasteiger partial charge in [0.25, 0.3) is 0 Å². The number of amides is 1. The highest BCUT2D eigenvalue weighted by atomic mass is 16.5. The second-order valence-electron chi connectivity index (χ2n) is 7.71. The zero-order valence-corrected chi connectivity index (χ0v) is 16.8. The van der Waals surface area contributed by atoms with Crippen LogP contribution in [0.5, 0.6) is 5.75 Å². The van der Waals surface area contributed by atoms with E-state index in [0.717, 1.165) is 38.0 Å². The minimum atomic E-state index is 0.250. The van der Waals surface area contributed by atoms with E-state index in [2.05, 4.69) is 49.9 Å². The SMILES string of the molecule is Cc1cccc(OCCCCC(=O)N2CCCC2c2ccc(C)c(C)c2)c1. The number of likely N-dealkylation sites (tertiary alicyclic amines) is 1. The van der Waals surface area contributed by atoms with Gasteiger partial charge in [0.15, 0.2) is 0 Å². The average Bonchev–Trinajstić information content (AvgIpc) is 3.13. The smallest absolute Gasteiger partial charge is 0.223 e. The monoisotopic (exact) mass is 365 g/mol. The highest BCUT2D eigenvalue weighted by Crippen LogP contribution is 2.33. The zero-order valence-electron chi connectivity index (χ0n) is 16.8. The molecule has 27 heavy (non-hydrogen) atoms. The van der Waals surface area contributed by atoms with Gasteiger partial charge in [-0.05, 0) is 80.8 Å². The number of unbranched alkanes of at least 4 members (excludes halogenated alkanes) is 1. The standard InChI is InChI=1S/C24H31NO2/c1-18-8-6-9-22(16-18)27-15-5-4-11-24(26)25-14-7-10-23(25)21-13-12-19(2)20(3)17-21/h6,8-9,12-13,16-17,23H,4-5,7,10-11,14-15H2,1-3H3. The van der Waals surface area contributed by atoms with Crippen LogP contribution >= 0.6 is 0 Å². The van der Waals surface area contributed by atoms with Crippen molar-refractivity contribution in [3.63, 3.8) is 0 Å². The minimum Gasteiger partial charge on any atom is -0.494 e. The molecule has 1 unspecified atom stereocenters. The minimum absolute atomic E-state index is 0.250. The van der Waals surface area contributed by atoms with Gasteiger partial charge in [-0.1, -0.05) is 30.3 Å². The van der Waals surface area contributed by atoms with Crippen molar-refractivity contribution >= 4 is 5.91 Å². The van der Waals surface area contributed by atoms with Gasteiger partial charge in [0.05, 0.1) is 12.6 Å². The van der Waals surface area contributed by atoms with Crippen molar-refractivity contribution in [2.45, 2.75) is 58.9 Å². The Morgan fingerprint density at radius 1 is 1.07 bits per heavy atom. The Morgan fingerprint density at radius 3 is 2.70 bits per heavy atom. The second kappa shape index (κ2) is 9.07. The third-order valence-corrected chi connectivity index (χ3v) is 5.53. The van der Waals surface area contributed by atoms with Crippen molar-refractivity contribution in [3.05, 3.63) is 64.7 Å². The molecule has 0 aromatic heterocycles. The van der Waals surface area contributed by atoms with Gasteiger partial charge < -0.3 is 9.64 Å². The third kappa shape index (κ3) is 5.12. The van der Waals surface area contributed by atoms with Gasteiger partial charge in [0, 0.05) is 13.0 Å². The highest BCUT2D eigenvalue weighted by Gasteiger charge is 2.29. The van der Waals surface area contributed by atoms with Crippen LogP contribution in [0.1, 0.15) is 60.4 Å². The molecule has 3 rings (SSSR count). The summed E-state index contributed by atoms with van der Waals surface area (Å²) >= 11 is 0. The Bertz CT molecular complexity index is 784. The van der Waals surface area contributed by atoms with Gasteiger partial charge in [0.2, 0.25) is 5.91 Å². The summed E-state index contributed by atoms with van der Waals surface area (Å²) in [6.45, 7) is 7.89. The van der Waals surface area contributed by atoms with Crippen molar-refractivity contribution < 1.29 is 9.53 Å². The molecule has 2 aromatic rings. The van der Waals surface area contributed by atoms with E-state index in [1.807, 2.05) is 18.2 Å². The Hall–Kier alpha value is -2.29. The van der Waals surface area contributed by atoms with Crippen LogP contribution in [0.25, 0.3) is 0 Å². The first-order valence-corrected chi connectivity index (χ1v) is 10.1. The summed E-state index contributed by atoms with van der Waals surface area (Å²) in [4.78, 5) is 14.8. The number of carbonyl (C=O) groups excluding carboxylic acids is 1. The van der Waals surface area contributed by atoms with Crippen LogP contribution in [-0.4, -0.2) is 24.0 Å². The summed E-state index contributed by atoms with van der Waals surface area (Å²) < 4.78 is 5.78. The lowest BCUT2D eigenvalue weighted by Gasteiger charge is -2.26. The molecule has 1 saturated heterocycles. The Morgan fingerprint density at radius 2 is 1.93 bits per heavy atom. The van der Waals surface area contributed by atoms with E-state index in [9.17, 15) is 4.79 Å². The number of hydrogen-bond donors (Lipinski definition) is 0. The number of hydrogen-bond acceptors (Lipinski definition) is 2. The molecule has 3 nitrogen and oxygen atoms in total. The molecule has 2 aromatic carbocycles. The number of rotatable bonds is 7. The van der Waals surface area contributed by atoms with Crippen molar-refractivity contribution in [3.8, 4) is 5.75 Å². The van der Waals surface area contributed by atoms with Gasteiger partial charge in [-0.3, -0.25) is 4.79 Å². The van der Waals surface area contributed by atoms with Gasteiger partial charge in [-0.15, -0.1) is 0 Å². The molecule has 0 saturated carbocycles. The van der Waals surface area contributed by atoms with Gasteiger partial charge >= 0.3 is 0 Å². The molecule has 3 heteroatoms. The zero-order chi connectivity index (χ0) is 19.2. The predicted molar refractivity (Wildman–Crippen MR) is 110 cm³/mol. The van der Waals surface area contributed by atoms with Gasteiger partial charge in [-0.2, -0.15) is 0 Å². The fourth-order valence-corrected chi connectivity index (χ4v) is 3.80. The molecule has 0 aliphatic carbocycles. The lowest BCUT2D eigenvalue weighted by molar-refractivity contribution is -0.132. The van der Waals surface area contributed by atoms with Crippen LogP contribution in [0.15, 0.2) is 42.5 Å². The fraction of sp³-hybridized carbons (Fsp3) is 0.458. The van der Waals surface area contributed by atoms with Crippen LogP contribution in [0.4, 0.5) is 0 Å². The Balaban J connectivity index is 1.46. The molecule has 1 aliphatic rings. The normalized spacial score (nSPS) is 16.6. The van der Waals surface area contributed by atoms with Gasteiger partial charge in [-0.25, -0.2) is 0 Å². The molecule has 144 valence electrons. The number of benzene rings is 2. The molecule has 1 amide bonds. The van der Waals surface area contributed by atoms with Crippen LogP contribution in [0.3, 0.4) is 0 Å². The number of carbonyl (C=O) groups is 1. The molecule has 0 spiro atoms. The molecule has 1 atom stereocenters. The maximum Gasteiger partial charge on any atom is 0.223 e. The maximum absolute atomic E-state index is 12.7. The topological polar surface area (TPSA) is 29.5 Å². The van der Waals surface area contributed by atoms with E-state index in [-0.39, 0.29) is 11.9 Å². The highest BCUT2D eigenvalue weighted by molar-refractivity contribution is 5.77. The van der Waals surface area contributed by atoms with E-state index >= 15 is 0 Å². The van der Waals surface area contributed by atoms with E-state index in [4.69, 9.17) is 4.74 Å². The number of nitrogens with zero attached hydrogens (tertiary/aromatic N) is 1. The number of aryl methyl sites for hydroxylation is 3. The van der Waals surface area contributed by atoms with Crippen LogP contribution in [0, 0.1) is 20.8 Å². The number of ether oxygens (including phenoxy) is 1.